The molecule has 15 rings (SSSR count). The first-order chi connectivity index (χ1) is 67.7. The second-order valence-electron chi connectivity index (χ2n) is 31.6. The van der Waals surface area contributed by atoms with E-state index in [1.807, 2.05) is 147 Å². The third-order valence-electron chi connectivity index (χ3n) is 21.6. The van der Waals surface area contributed by atoms with E-state index in [1.54, 1.807) is 84.6 Å². The second-order valence-corrected chi connectivity index (χ2v) is 31.6. The topological polar surface area (TPSA) is 461 Å². The summed E-state index contributed by atoms with van der Waals surface area (Å²) in [5.74, 6) is -4.35. The first kappa shape index (κ1) is 113. The van der Waals surface area contributed by atoms with Gasteiger partial charge in [0.25, 0.3) is 5.91 Å². The average molecular weight is 1950 g/mol. The largest absolute Gasteiger partial charge is 0.497 e. The van der Waals surface area contributed by atoms with E-state index in [0.717, 1.165) is 101 Å². The Bertz CT molecular complexity index is 6120. The predicted octanol–water partition coefficient (Wildman–Crippen LogP) is 11.4. The molecule has 5 aliphatic rings. The lowest BCUT2D eigenvalue weighted by Gasteiger charge is -2.32. The number of anilines is 6. The van der Waals surface area contributed by atoms with Crippen molar-refractivity contribution < 1.29 is 125 Å². The molecule has 2 saturated heterocycles. The molecule has 750 valence electrons. The van der Waals surface area contributed by atoms with Gasteiger partial charge >= 0.3 is 47.8 Å². The fraction of sp³-hybridized carbons (Fsp3) is 0.288. The van der Waals surface area contributed by atoms with Crippen LogP contribution in [0.2, 0.25) is 0 Å². The summed E-state index contributed by atoms with van der Waals surface area (Å²) in [4.78, 5) is 200. The molecule has 0 spiro atoms. The fourth-order valence-electron chi connectivity index (χ4n) is 14.3. The number of ether oxygens (including phenoxy) is 8. The summed E-state index contributed by atoms with van der Waals surface area (Å²) in [5, 5.41) is 14.3. The van der Waals surface area contributed by atoms with E-state index in [1.165, 1.54) is 103 Å². The highest BCUT2D eigenvalue weighted by Crippen LogP contribution is 2.43. The Morgan fingerprint density at radius 2 is 0.852 bits per heavy atom. The third-order valence-corrected chi connectivity index (χ3v) is 21.6. The van der Waals surface area contributed by atoms with Crippen LogP contribution in [0.3, 0.4) is 0 Å². The predicted molar refractivity (Wildman–Crippen MR) is 533 cm³/mol. The van der Waals surface area contributed by atoms with Gasteiger partial charge in [-0.2, -0.15) is 0 Å². The van der Waals surface area contributed by atoms with Gasteiger partial charge in [0.15, 0.2) is 5.88 Å². The summed E-state index contributed by atoms with van der Waals surface area (Å²) in [5.41, 5.74) is 17.3. The number of hydrogen-bond donors (Lipinski definition) is 4. The molecule has 5 aliphatic heterocycles. The zero-order valence-corrected chi connectivity index (χ0v) is 82.4. The van der Waals surface area contributed by atoms with Crippen LogP contribution < -0.4 is 35.4 Å². The highest BCUT2D eigenvalue weighted by molar-refractivity contribution is 6.43. The number of methoxy groups -OCH3 is 6. The first-order valence-corrected chi connectivity index (χ1v) is 44.1. The number of nitrogens with zero attached hydrogens (tertiary/aromatic N) is 9. The van der Waals surface area contributed by atoms with Crippen LogP contribution in [0.15, 0.2) is 217 Å². The first-order valence-electron chi connectivity index (χ1n) is 44.1. The Hall–Kier alpha value is -16.3. The molecule has 2 fully saturated rings. The fourth-order valence-corrected chi connectivity index (χ4v) is 14.3. The number of nitrogen functional groups attached to an aromatic ring is 1. The molecule has 10 aromatic rings. The zero-order valence-electron chi connectivity index (χ0n) is 82.4. The zero-order chi connectivity index (χ0) is 105. The van der Waals surface area contributed by atoms with Crippen molar-refractivity contribution in [2.24, 2.45) is 4.99 Å². The van der Waals surface area contributed by atoms with E-state index in [9.17, 15) is 77.0 Å². The number of fused-ring (bicyclic) bond motifs is 4. The molecule has 9 aromatic carbocycles. The monoisotopic (exact) mass is 1950 g/mol. The van der Waals surface area contributed by atoms with Crippen molar-refractivity contribution in [3.8, 4) is 11.6 Å². The van der Waals surface area contributed by atoms with Gasteiger partial charge in [-0.1, -0.05) is 103 Å². The number of carbonyl (C=O) groups excluding carboxylic acids is 15. The van der Waals surface area contributed by atoms with Crippen molar-refractivity contribution >= 4 is 157 Å². The average Bonchev–Trinajstić information content (AvgIpc) is 1.60. The molecule has 0 saturated carbocycles. The molecular weight excluding hydrogens is 1830 g/mol. The van der Waals surface area contributed by atoms with Crippen molar-refractivity contribution in [1.29, 1.82) is 0 Å². The minimum Gasteiger partial charge on any atom is -0.497 e. The molecule has 0 unspecified atom stereocenters. The standard InChI is InChI=1S/C31H33N5O4.C20H17NO5.C14H22N4O.C12H11NO4.C10H9NO3.C7H8O.2C4H6O3.C2H6O2/c1-34-15-17-36(18-16-34)20-27(37)35(2)24-12-10-23(11-13-24)32-29(21-7-5-4-6-8-21)28-25-14-9-22(31(39)40-3)19-26(25)33-30(28)38;1-12(22)21-16-11-14(20(24)26-3)9-10-15(16)17(19(21)23)18(25-2)13-7-5-4-6-8-13;1-16-7-9-18(10-8-16)11-14(19)17(2)13-5-3-12(15)4-6-13;1-7(14)13-10-5-9(12(16)17-2)4-3-8(10)6-11(13)15;1-14-10(13)7-3-2-6-5-9(12)11-8(6)4-7;1-8-7-5-3-2-4-6-7;2*1-3(5)7-4(2)6;1-3-4-2/h4-14,19,33,38H,15-18,20H2,1-3H3;4-11H,1-3H3;3-6H,7-11,15H2,1-2H3;3-5H,6H2,1-2H3;2-4H,5H2,1H3,(H,11,12);2-6H,1H3;2*1-2H3;1-2H3/b;18-17+;;;;;;;. The number of aromatic amines is 1. The van der Waals surface area contributed by atoms with E-state index in [4.69, 9.17) is 29.7 Å². The van der Waals surface area contributed by atoms with Crippen molar-refractivity contribution in [2.45, 2.75) is 54.4 Å². The molecule has 0 bridgehead atoms. The molecule has 7 amide bonds. The van der Waals surface area contributed by atoms with Gasteiger partial charge in [0, 0.05) is 158 Å². The van der Waals surface area contributed by atoms with Crippen molar-refractivity contribution in [2.75, 3.05) is 181 Å². The second kappa shape index (κ2) is 56.0. The van der Waals surface area contributed by atoms with Gasteiger partial charge in [0.2, 0.25) is 35.4 Å². The number of aromatic hydroxyl groups is 1. The number of carbonyl (C=O) groups is 15. The Morgan fingerprint density at radius 3 is 1.27 bits per heavy atom. The SMILES string of the molecule is CC(=O)OC(C)=O.CC(=O)OC(C)=O.CN1CCN(CC(=O)N(C)c2ccc(N)cc2)CC1.COC(=O)c1ccc2c(C(=Nc3ccc(N(C)C(=O)CN4CCN(C)CC4)cc3)c3ccccc3)c(O)[nH]c2c1.COC(=O)c1ccc2c(c1)N(C(C)=O)C(=O)/C2=C(/OC)c1ccccc1.COC(=O)c1ccc2c(c1)N(C(C)=O)C(=O)C2.COC(=O)c1ccc2c(c1)NC(=O)C2.COOC.COc1ccccc1. The number of aliphatic imine (C=N–C) groups is 1. The molecule has 0 radical (unpaired) electrons. The maximum absolute atomic E-state index is 13.0. The quantitative estimate of drug-likeness (QED) is 0.00757. The molecule has 142 heavy (non-hydrogen) atoms. The molecule has 1 aromatic heterocycles. The molecule has 38 heteroatoms. The number of esters is 8. The van der Waals surface area contributed by atoms with E-state index in [2.05, 4.69) is 72.7 Å². The lowest BCUT2D eigenvalue weighted by Crippen LogP contribution is -2.48. The van der Waals surface area contributed by atoms with Crippen LogP contribution in [0.4, 0.5) is 39.8 Å². The number of piperazine rings is 2. The smallest absolute Gasteiger partial charge is 0.337 e. The van der Waals surface area contributed by atoms with Gasteiger partial charge in [0.05, 0.1) is 139 Å². The van der Waals surface area contributed by atoms with E-state index in [-0.39, 0.29) is 53.0 Å². The van der Waals surface area contributed by atoms with Crippen LogP contribution in [-0.2, 0) is 109 Å². The number of H-pyrrole nitrogens is 1. The van der Waals surface area contributed by atoms with E-state index >= 15 is 0 Å². The van der Waals surface area contributed by atoms with Crippen LogP contribution >= 0.6 is 0 Å². The summed E-state index contributed by atoms with van der Waals surface area (Å²) in [7, 11) is 19.1. The van der Waals surface area contributed by atoms with Crippen LogP contribution in [-0.4, -0.2) is 275 Å². The van der Waals surface area contributed by atoms with Crippen LogP contribution in [0.5, 0.6) is 11.6 Å². The molecular formula is C104H118N12O26. The third kappa shape index (κ3) is 33.3. The van der Waals surface area contributed by atoms with Gasteiger partial charge in [0.1, 0.15) is 11.5 Å². The Balaban J connectivity index is 0.000000234. The van der Waals surface area contributed by atoms with Gasteiger partial charge in [-0.15, -0.1) is 0 Å². The summed E-state index contributed by atoms with van der Waals surface area (Å²) in [6.07, 6.45) is 0.577. The van der Waals surface area contributed by atoms with Crippen LogP contribution in [0.25, 0.3) is 22.2 Å². The number of rotatable bonds is 17. The van der Waals surface area contributed by atoms with Crippen molar-refractivity contribution in [1.82, 2.24) is 24.6 Å². The van der Waals surface area contributed by atoms with Gasteiger partial charge in [-0.05, 0) is 134 Å². The maximum atomic E-state index is 13.0. The lowest BCUT2D eigenvalue weighted by atomic mass is 10.00. The lowest BCUT2D eigenvalue weighted by molar-refractivity contribution is -0.248. The summed E-state index contributed by atoms with van der Waals surface area (Å²) in [6, 6.07) is 62.8. The number of nitrogens with one attached hydrogen (secondary N) is 2. The highest BCUT2D eigenvalue weighted by Gasteiger charge is 2.39. The number of hydrogen-bond acceptors (Lipinski definition) is 32. The minimum absolute atomic E-state index is 0.0398. The molecule has 5 N–H and O–H groups in total. The Labute approximate surface area is 822 Å². The molecule has 0 atom stereocenters. The number of aromatic nitrogens is 1. The number of nitrogens with two attached hydrogens (primary N) is 1. The number of amides is 7. The minimum atomic E-state index is -0.562. The van der Waals surface area contributed by atoms with Crippen molar-refractivity contribution in [3.05, 3.63) is 268 Å². The number of benzene rings is 9. The molecule has 6 heterocycles. The van der Waals surface area contributed by atoms with Crippen LogP contribution in [0.1, 0.15) is 116 Å². The number of imide groups is 2. The normalized spacial score (nSPS) is 13.6. The Kier molecular flexibility index (Phi) is 44.4. The van der Waals surface area contributed by atoms with Crippen molar-refractivity contribution in [3.63, 3.8) is 0 Å². The summed E-state index contributed by atoms with van der Waals surface area (Å²) >= 11 is 0. The van der Waals surface area contributed by atoms with E-state index in [0.29, 0.717) is 98.3 Å². The Morgan fingerprint density at radius 1 is 0.437 bits per heavy atom. The number of para-hydroxylation sites is 1. The highest BCUT2D eigenvalue weighted by atomic mass is 17.2. The van der Waals surface area contributed by atoms with E-state index < -0.39 is 59.6 Å². The van der Waals surface area contributed by atoms with Gasteiger partial charge in [-0.3, -0.25) is 67.4 Å². The molecule has 0 aliphatic carbocycles. The summed E-state index contributed by atoms with van der Waals surface area (Å²) < 4.78 is 37.1. The number of likely N-dealkylation sites (N-methyl/N-ethyl adjacent to an activating group) is 4. The van der Waals surface area contributed by atoms with Crippen LogP contribution in [0, 0.1) is 0 Å². The molecule has 38 nitrogen and oxygen atoms in total. The van der Waals surface area contributed by atoms with Gasteiger partial charge < -0.3 is 78.6 Å². The summed E-state index contributed by atoms with van der Waals surface area (Å²) in [6.45, 7) is 15.9. The van der Waals surface area contributed by atoms with Gasteiger partial charge in [-0.25, -0.2) is 38.8 Å². The maximum Gasteiger partial charge on any atom is 0.337 e.